The fourth-order valence-corrected chi connectivity index (χ4v) is 7.18. The van der Waals surface area contributed by atoms with Crippen LogP contribution < -0.4 is 0 Å². The standard InChI is InChI=1S/C21H32O3/c1-12-11-19(2)13(9-17(12)22)5-6-14-15(19)7-8-20(3)16(14)10-18(23)21(20,4)24/h11,13-16,18,23-24H,5-10H2,1-4H3/t13-,14+,15-,16-,18?,19-,20-,21-/m0/s1. The third kappa shape index (κ3) is 1.89. The van der Waals surface area contributed by atoms with Crippen molar-refractivity contribution in [1.29, 1.82) is 0 Å². The van der Waals surface area contributed by atoms with E-state index in [0.717, 1.165) is 37.7 Å². The maximum absolute atomic E-state index is 12.2. The van der Waals surface area contributed by atoms with Gasteiger partial charge in [0.1, 0.15) is 0 Å². The van der Waals surface area contributed by atoms with Crippen LogP contribution >= 0.6 is 0 Å². The van der Waals surface area contributed by atoms with Gasteiger partial charge in [0, 0.05) is 11.8 Å². The first kappa shape index (κ1) is 16.8. The Balaban J connectivity index is 1.72. The number of ketones is 1. The Hall–Kier alpha value is -0.670. The van der Waals surface area contributed by atoms with E-state index in [0.29, 0.717) is 35.9 Å². The highest BCUT2D eigenvalue weighted by atomic mass is 16.3. The zero-order valence-corrected chi connectivity index (χ0v) is 15.5. The van der Waals surface area contributed by atoms with Crippen molar-refractivity contribution in [3.05, 3.63) is 11.6 Å². The molecule has 1 unspecified atom stereocenters. The van der Waals surface area contributed by atoms with E-state index in [4.69, 9.17) is 0 Å². The second-order valence-corrected chi connectivity index (χ2v) is 9.83. The molecule has 0 aliphatic heterocycles. The Morgan fingerprint density at radius 2 is 1.83 bits per heavy atom. The summed E-state index contributed by atoms with van der Waals surface area (Å²) < 4.78 is 0. The molecule has 0 heterocycles. The van der Waals surface area contributed by atoms with Gasteiger partial charge in [-0.05, 0) is 80.6 Å². The molecular formula is C21H32O3. The first-order chi connectivity index (χ1) is 11.1. The number of aliphatic hydroxyl groups excluding tert-OH is 1. The number of rotatable bonds is 0. The third-order valence-electron chi connectivity index (χ3n) is 9.04. The van der Waals surface area contributed by atoms with Crippen LogP contribution in [0.3, 0.4) is 0 Å². The van der Waals surface area contributed by atoms with Crippen molar-refractivity contribution in [3.8, 4) is 0 Å². The quantitative estimate of drug-likeness (QED) is 0.714. The molecule has 0 amide bonds. The monoisotopic (exact) mass is 332 g/mol. The highest BCUT2D eigenvalue weighted by Crippen LogP contribution is 2.67. The number of fused-ring (bicyclic) bond motifs is 5. The molecule has 0 radical (unpaired) electrons. The molecule has 134 valence electrons. The van der Waals surface area contributed by atoms with Gasteiger partial charge in [0.2, 0.25) is 0 Å². The average Bonchev–Trinajstić information content (AvgIpc) is 2.68. The fourth-order valence-electron chi connectivity index (χ4n) is 7.18. The van der Waals surface area contributed by atoms with E-state index >= 15 is 0 Å². The molecule has 0 spiro atoms. The minimum Gasteiger partial charge on any atom is -0.390 e. The highest BCUT2D eigenvalue weighted by Gasteiger charge is 2.65. The van der Waals surface area contributed by atoms with Crippen LogP contribution in [-0.4, -0.2) is 27.7 Å². The number of allylic oxidation sites excluding steroid dienone is 2. The lowest BCUT2D eigenvalue weighted by molar-refractivity contribution is -0.151. The van der Waals surface area contributed by atoms with Crippen molar-refractivity contribution >= 4 is 5.78 Å². The van der Waals surface area contributed by atoms with Crippen LogP contribution in [0.25, 0.3) is 0 Å². The third-order valence-corrected chi connectivity index (χ3v) is 9.04. The summed E-state index contributed by atoms with van der Waals surface area (Å²) in [6, 6.07) is 0. The van der Waals surface area contributed by atoms with Gasteiger partial charge in [-0.15, -0.1) is 0 Å². The second kappa shape index (κ2) is 4.94. The normalized spacial score (nSPS) is 57.0. The summed E-state index contributed by atoms with van der Waals surface area (Å²) >= 11 is 0. The molecule has 3 saturated carbocycles. The summed E-state index contributed by atoms with van der Waals surface area (Å²) in [6.45, 7) is 8.39. The molecule has 24 heavy (non-hydrogen) atoms. The molecule has 0 aromatic carbocycles. The van der Waals surface area contributed by atoms with E-state index in [1.165, 1.54) is 0 Å². The molecule has 2 N–H and O–H groups in total. The topological polar surface area (TPSA) is 57.5 Å². The van der Waals surface area contributed by atoms with E-state index in [-0.39, 0.29) is 10.8 Å². The van der Waals surface area contributed by atoms with Crippen LogP contribution in [-0.2, 0) is 4.79 Å². The summed E-state index contributed by atoms with van der Waals surface area (Å²) in [5.41, 5.74) is -0.0998. The summed E-state index contributed by atoms with van der Waals surface area (Å²) in [4.78, 5) is 12.2. The minimum atomic E-state index is -0.978. The van der Waals surface area contributed by atoms with Crippen molar-refractivity contribution in [2.75, 3.05) is 0 Å². The summed E-state index contributed by atoms with van der Waals surface area (Å²) in [5, 5.41) is 21.5. The second-order valence-electron chi connectivity index (χ2n) is 9.83. The zero-order valence-electron chi connectivity index (χ0n) is 15.5. The first-order valence-electron chi connectivity index (χ1n) is 9.74. The Labute approximate surface area is 145 Å². The van der Waals surface area contributed by atoms with Crippen molar-refractivity contribution in [2.45, 2.75) is 77.9 Å². The summed E-state index contributed by atoms with van der Waals surface area (Å²) in [5.74, 6) is 2.34. The number of carbonyl (C=O) groups excluding carboxylic acids is 1. The molecule has 4 rings (SSSR count). The zero-order chi connectivity index (χ0) is 17.5. The molecule has 4 aliphatic carbocycles. The number of Topliss-reactive ketones (excluding diaryl/α,β-unsaturated/α-hetero) is 1. The van der Waals surface area contributed by atoms with Crippen LogP contribution in [0.1, 0.15) is 66.2 Å². The molecule has 0 aromatic heterocycles. The van der Waals surface area contributed by atoms with Crippen LogP contribution in [0.5, 0.6) is 0 Å². The molecule has 3 fully saturated rings. The van der Waals surface area contributed by atoms with E-state index in [1.807, 2.05) is 13.8 Å². The van der Waals surface area contributed by atoms with Crippen LogP contribution in [0, 0.1) is 34.5 Å². The first-order valence-corrected chi connectivity index (χ1v) is 9.74. The Kier molecular flexibility index (Phi) is 3.46. The predicted octanol–water partition coefficient (Wildman–Crippen LogP) is 3.49. The molecule has 3 nitrogen and oxygen atoms in total. The highest BCUT2D eigenvalue weighted by molar-refractivity contribution is 5.96. The SMILES string of the molecule is CC1=C[C@@]2(C)[C@@H](CC[C@@H]3[C@@H]2CC[C@@]2(C)[C@H]3CC(O)[C@]2(C)O)CC1=O. The number of carbonyl (C=O) groups is 1. The molecule has 8 atom stereocenters. The van der Waals surface area contributed by atoms with Crippen molar-refractivity contribution in [2.24, 2.45) is 34.5 Å². The van der Waals surface area contributed by atoms with Gasteiger partial charge in [-0.2, -0.15) is 0 Å². The van der Waals surface area contributed by atoms with Crippen LogP contribution in [0.15, 0.2) is 11.6 Å². The average molecular weight is 332 g/mol. The van der Waals surface area contributed by atoms with Gasteiger partial charge in [-0.25, -0.2) is 0 Å². The predicted molar refractivity (Wildman–Crippen MR) is 93.3 cm³/mol. The van der Waals surface area contributed by atoms with Crippen molar-refractivity contribution < 1.29 is 15.0 Å². The maximum Gasteiger partial charge on any atom is 0.158 e. The molecular weight excluding hydrogens is 300 g/mol. The van der Waals surface area contributed by atoms with Crippen molar-refractivity contribution in [3.63, 3.8) is 0 Å². The largest absolute Gasteiger partial charge is 0.390 e. The van der Waals surface area contributed by atoms with Crippen molar-refractivity contribution in [1.82, 2.24) is 0 Å². The summed E-state index contributed by atoms with van der Waals surface area (Å²) in [7, 11) is 0. The number of aliphatic hydroxyl groups is 2. The summed E-state index contributed by atoms with van der Waals surface area (Å²) in [6.07, 6.45) is 7.45. The van der Waals surface area contributed by atoms with Crippen LogP contribution in [0.2, 0.25) is 0 Å². The van der Waals surface area contributed by atoms with Gasteiger partial charge in [-0.3, -0.25) is 4.79 Å². The fraction of sp³-hybridized carbons (Fsp3) is 0.857. The Morgan fingerprint density at radius 1 is 1.12 bits per heavy atom. The lowest BCUT2D eigenvalue weighted by atomic mass is 9.45. The number of hydrogen-bond acceptors (Lipinski definition) is 3. The van der Waals surface area contributed by atoms with E-state index in [9.17, 15) is 15.0 Å². The molecule has 0 bridgehead atoms. The van der Waals surface area contributed by atoms with E-state index in [2.05, 4.69) is 19.9 Å². The lowest BCUT2D eigenvalue weighted by Gasteiger charge is -2.59. The van der Waals surface area contributed by atoms with Gasteiger partial charge in [-0.1, -0.05) is 19.9 Å². The minimum absolute atomic E-state index is 0.113. The van der Waals surface area contributed by atoms with Gasteiger partial charge >= 0.3 is 0 Å². The van der Waals surface area contributed by atoms with Gasteiger partial charge in [0.05, 0.1) is 11.7 Å². The molecule has 4 aliphatic rings. The van der Waals surface area contributed by atoms with E-state index in [1.54, 1.807) is 0 Å². The Bertz CT molecular complexity index is 606. The molecule has 0 saturated heterocycles. The smallest absolute Gasteiger partial charge is 0.158 e. The van der Waals surface area contributed by atoms with Gasteiger partial charge in [0.25, 0.3) is 0 Å². The molecule has 3 heteroatoms. The van der Waals surface area contributed by atoms with E-state index < -0.39 is 11.7 Å². The lowest BCUT2D eigenvalue weighted by Crippen LogP contribution is -2.56. The van der Waals surface area contributed by atoms with Gasteiger partial charge < -0.3 is 10.2 Å². The van der Waals surface area contributed by atoms with Gasteiger partial charge in [0.15, 0.2) is 5.78 Å². The van der Waals surface area contributed by atoms with Crippen LogP contribution in [0.4, 0.5) is 0 Å². The molecule has 0 aromatic rings. The maximum atomic E-state index is 12.2. The Morgan fingerprint density at radius 3 is 2.54 bits per heavy atom. The number of hydrogen-bond donors (Lipinski definition) is 2.